The van der Waals surface area contributed by atoms with Gasteiger partial charge in [-0.25, -0.2) is 8.78 Å². The summed E-state index contributed by atoms with van der Waals surface area (Å²) in [6, 6.07) is 3.48. The minimum Gasteiger partial charge on any atom is -0.487 e. The van der Waals surface area contributed by atoms with Crippen LogP contribution in [0.15, 0.2) is 18.2 Å². The second-order valence-corrected chi connectivity index (χ2v) is 4.93. The van der Waals surface area contributed by atoms with E-state index in [1.807, 2.05) is 0 Å². The molecule has 2 atom stereocenters. The Balaban J connectivity index is 2.00. The molecule has 0 saturated heterocycles. The predicted octanol–water partition coefficient (Wildman–Crippen LogP) is 4.31. The van der Waals surface area contributed by atoms with Gasteiger partial charge in [0, 0.05) is 6.07 Å². The smallest absolute Gasteiger partial charge is 0.167 e. The van der Waals surface area contributed by atoms with E-state index in [4.69, 9.17) is 4.74 Å². The van der Waals surface area contributed by atoms with Crippen LogP contribution in [-0.2, 0) is 0 Å². The number of benzene rings is 1. The summed E-state index contributed by atoms with van der Waals surface area (Å²) in [5.41, 5.74) is 0. The summed E-state index contributed by atoms with van der Waals surface area (Å²) in [6.07, 6.45) is 5.44. The molecule has 3 heteroatoms. The van der Waals surface area contributed by atoms with E-state index in [9.17, 15) is 8.78 Å². The van der Waals surface area contributed by atoms with Gasteiger partial charge in [-0.05, 0) is 43.7 Å². The maximum Gasteiger partial charge on any atom is 0.167 e. The van der Waals surface area contributed by atoms with Gasteiger partial charge in [-0.2, -0.15) is 0 Å². The second kappa shape index (κ2) is 5.48. The third kappa shape index (κ3) is 3.42. The molecule has 1 saturated carbocycles. The molecule has 0 N–H and O–H groups in total. The Morgan fingerprint density at radius 3 is 2.71 bits per heavy atom. The summed E-state index contributed by atoms with van der Waals surface area (Å²) in [6.45, 7) is 2.24. The molecule has 1 fully saturated rings. The quantitative estimate of drug-likeness (QED) is 0.700. The van der Waals surface area contributed by atoms with E-state index in [1.54, 1.807) is 0 Å². The first-order valence-corrected chi connectivity index (χ1v) is 6.27. The van der Waals surface area contributed by atoms with E-state index < -0.39 is 11.6 Å². The summed E-state index contributed by atoms with van der Waals surface area (Å²) in [4.78, 5) is 0. The fourth-order valence-electron chi connectivity index (χ4n) is 2.32. The molecular weight excluding hydrogens is 222 g/mol. The van der Waals surface area contributed by atoms with Crippen LogP contribution in [-0.4, -0.2) is 6.10 Å². The van der Waals surface area contributed by atoms with Gasteiger partial charge in [0.05, 0.1) is 6.10 Å². The van der Waals surface area contributed by atoms with E-state index in [0.29, 0.717) is 0 Å². The Kier molecular flexibility index (Phi) is 3.97. The first-order valence-electron chi connectivity index (χ1n) is 6.27. The van der Waals surface area contributed by atoms with Crippen LogP contribution >= 0.6 is 0 Å². The van der Waals surface area contributed by atoms with Crippen LogP contribution < -0.4 is 4.74 Å². The van der Waals surface area contributed by atoms with Gasteiger partial charge in [0.25, 0.3) is 0 Å². The van der Waals surface area contributed by atoms with Crippen molar-refractivity contribution in [3.05, 3.63) is 29.8 Å². The lowest BCUT2D eigenvalue weighted by molar-refractivity contribution is 0.174. The molecular formula is C14H18F2O. The number of hydrogen-bond acceptors (Lipinski definition) is 1. The minimum absolute atomic E-state index is 0.0694. The summed E-state index contributed by atoms with van der Waals surface area (Å²) in [5.74, 6) is -0.278. The third-order valence-corrected chi connectivity index (χ3v) is 3.39. The molecule has 17 heavy (non-hydrogen) atoms. The fourth-order valence-corrected chi connectivity index (χ4v) is 2.32. The Morgan fingerprint density at radius 2 is 1.94 bits per heavy atom. The van der Waals surface area contributed by atoms with Gasteiger partial charge in [0.1, 0.15) is 5.82 Å². The Labute approximate surface area is 101 Å². The van der Waals surface area contributed by atoms with Crippen molar-refractivity contribution in [1.29, 1.82) is 0 Å². The largest absolute Gasteiger partial charge is 0.487 e. The van der Waals surface area contributed by atoms with Gasteiger partial charge in [-0.3, -0.25) is 0 Å². The fraction of sp³-hybridized carbons (Fsp3) is 0.571. The number of rotatable bonds is 2. The average Bonchev–Trinajstić information content (AvgIpc) is 2.48. The number of ether oxygens (including phenoxy) is 1. The Hall–Kier alpha value is -1.12. The van der Waals surface area contributed by atoms with Crippen molar-refractivity contribution in [1.82, 2.24) is 0 Å². The highest BCUT2D eigenvalue weighted by molar-refractivity contribution is 5.24. The Bertz CT molecular complexity index is 378. The SMILES string of the molecule is CC1CCCC(Oc2ccc(F)cc2F)CC1. The molecule has 1 nitrogen and oxygen atoms in total. The van der Waals surface area contributed by atoms with Crippen molar-refractivity contribution in [2.75, 3.05) is 0 Å². The molecule has 2 unspecified atom stereocenters. The van der Waals surface area contributed by atoms with Crippen LogP contribution in [0.25, 0.3) is 0 Å². The van der Waals surface area contributed by atoms with Crippen LogP contribution in [0, 0.1) is 17.6 Å². The minimum atomic E-state index is -0.609. The normalized spacial score (nSPS) is 25.4. The lowest BCUT2D eigenvalue weighted by Gasteiger charge is -2.17. The second-order valence-electron chi connectivity index (χ2n) is 4.93. The number of hydrogen-bond donors (Lipinski definition) is 0. The average molecular weight is 240 g/mol. The van der Waals surface area contributed by atoms with Crippen molar-refractivity contribution in [3.8, 4) is 5.75 Å². The van der Waals surface area contributed by atoms with Gasteiger partial charge >= 0.3 is 0 Å². The first-order chi connectivity index (χ1) is 8.15. The van der Waals surface area contributed by atoms with Crippen LogP contribution in [0.5, 0.6) is 5.75 Å². The zero-order valence-electron chi connectivity index (χ0n) is 10.1. The van der Waals surface area contributed by atoms with E-state index in [2.05, 4.69) is 6.92 Å². The monoisotopic (exact) mass is 240 g/mol. The van der Waals surface area contributed by atoms with Crippen molar-refractivity contribution in [3.63, 3.8) is 0 Å². The summed E-state index contributed by atoms with van der Waals surface area (Å²) < 4.78 is 31.8. The van der Waals surface area contributed by atoms with Crippen molar-refractivity contribution in [2.24, 2.45) is 5.92 Å². The molecule has 2 rings (SSSR count). The molecule has 1 aliphatic carbocycles. The Morgan fingerprint density at radius 1 is 1.12 bits per heavy atom. The van der Waals surface area contributed by atoms with E-state index >= 15 is 0 Å². The lowest BCUT2D eigenvalue weighted by atomic mass is 10.0. The van der Waals surface area contributed by atoms with Gasteiger partial charge in [-0.15, -0.1) is 0 Å². The zero-order chi connectivity index (χ0) is 12.3. The van der Waals surface area contributed by atoms with Crippen LogP contribution in [0.1, 0.15) is 39.0 Å². The summed E-state index contributed by atoms with van der Waals surface area (Å²) >= 11 is 0. The maximum atomic E-state index is 13.4. The summed E-state index contributed by atoms with van der Waals surface area (Å²) in [7, 11) is 0. The molecule has 0 bridgehead atoms. The van der Waals surface area contributed by atoms with E-state index in [-0.39, 0.29) is 11.9 Å². The van der Waals surface area contributed by atoms with Crippen LogP contribution in [0.2, 0.25) is 0 Å². The predicted molar refractivity (Wildman–Crippen MR) is 63.0 cm³/mol. The lowest BCUT2D eigenvalue weighted by Crippen LogP contribution is -2.16. The topological polar surface area (TPSA) is 9.23 Å². The van der Waals surface area contributed by atoms with Gasteiger partial charge in [0.2, 0.25) is 0 Å². The highest BCUT2D eigenvalue weighted by Gasteiger charge is 2.18. The first kappa shape index (κ1) is 12.3. The molecule has 0 aromatic heterocycles. The van der Waals surface area contributed by atoms with Gasteiger partial charge in [-0.1, -0.05) is 13.3 Å². The molecule has 94 valence electrons. The van der Waals surface area contributed by atoms with E-state index in [1.165, 1.54) is 18.6 Å². The molecule has 0 heterocycles. The van der Waals surface area contributed by atoms with Crippen molar-refractivity contribution >= 4 is 0 Å². The highest BCUT2D eigenvalue weighted by Crippen LogP contribution is 2.27. The van der Waals surface area contributed by atoms with Crippen LogP contribution in [0.4, 0.5) is 8.78 Å². The number of halogens is 2. The molecule has 1 aliphatic rings. The van der Waals surface area contributed by atoms with Gasteiger partial charge < -0.3 is 4.74 Å². The zero-order valence-corrected chi connectivity index (χ0v) is 10.1. The maximum absolute atomic E-state index is 13.4. The molecule has 0 amide bonds. The van der Waals surface area contributed by atoms with Crippen molar-refractivity contribution in [2.45, 2.75) is 45.1 Å². The summed E-state index contributed by atoms with van der Waals surface area (Å²) in [5, 5.41) is 0. The molecule has 0 spiro atoms. The molecule has 1 aromatic rings. The molecule has 0 aliphatic heterocycles. The van der Waals surface area contributed by atoms with Crippen molar-refractivity contribution < 1.29 is 13.5 Å². The standard InChI is InChI=1S/C14H18F2O/c1-10-3-2-4-12(7-5-10)17-14-8-6-11(15)9-13(14)16/h6,8-10,12H,2-5,7H2,1H3. The van der Waals surface area contributed by atoms with Gasteiger partial charge in [0.15, 0.2) is 11.6 Å². The third-order valence-electron chi connectivity index (χ3n) is 3.39. The van der Waals surface area contributed by atoms with E-state index in [0.717, 1.165) is 37.7 Å². The highest BCUT2D eigenvalue weighted by atomic mass is 19.1. The molecule has 0 radical (unpaired) electrons. The molecule has 1 aromatic carbocycles. The van der Waals surface area contributed by atoms with Crippen LogP contribution in [0.3, 0.4) is 0 Å².